The van der Waals surface area contributed by atoms with E-state index >= 15 is 0 Å². The number of aliphatic hydroxyl groups excluding tert-OH is 2. The number of carbonyl (C=O) groups excluding carboxylic acids is 3. The van der Waals surface area contributed by atoms with E-state index in [1.807, 2.05) is 25.1 Å². The molecule has 11 nitrogen and oxygen atoms in total. The van der Waals surface area contributed by atoms with E-state index in [9.17, 15) is 34.8 Å². The first-order valence-corrected chi connectivity index (χ1v) is 13.5. The minimum absolute atomic E-state index is 0.0210. The van der Waals surface area contributed by atoms with Gasteiger partial charge in [-0.1, -0.05) is 13.8 Å². The molecule has 4 rings (SSSR count). The minimum Gasteiger partial charge on any atom is -0.510 e. The van der Waals surface area contributed by atoms with E-state index in [4.69, 9.17) is 5.73 Å². The molecule has 3 aliphatic carbocycles. The molecule has 7 N–H and O–H groups in total. The molecule has 0 fully saturated rings. The molecule has 0 saturated carbocycles. The number of aromatic hydroxyl groups is 1. The third-order valence-corrected chi connectivity index (χ3v) is 8.47. The second kappa shape index (κ2) is 10.5. The quantitative estimate of drug-likeness (QED) is 0.202. The van der Waals surface area contributed by atoms with E-state index in [1.54, 1.807) is 14.1 Å². The summed E-state index contributed by atoms with van der Waals surface area (Å²) in [6.07, 6.45) is 1.24. The Morgan fingerprint density at radius 2 is 1.82 bits per heavy atom. The maximum atomic E-state index is 14.0. The molecule has 0 saturated heterocycles. The summed E-state index contributed by atoms with van der Waals surface area (Å²) in [4.78, 5) is 43.0. The second-order valence-corrected chi connectivity index (χ2v) is 12.0. The number of nitrogens with zero attached hydrogens (tertiary/aromatic N) is 2. The van der Waals surface area contributed by atoms with E-state index in [0.717, 1.165) is 18.7 Å². The van der Waals surface area contributed by atoms with Gasteiger partial charge in [0.05, 0.1) is 11.6 Å². The van der Waals surface area contributed by atoms with Crippen LogP contribution >= 0.6 is 0 Å². The number of carbonyl (C=O) groups is 3. The molecule has 4 atom stereocenters. The molecule has 0 bridgehead atoms. The smallest absolute Gasteiger partial charge is 0.255 e. The number of phenolic OH excluding ortho intramolecular Hbond substituents is 1. The number of ketones is 2. The van der Waals surface area contributed by atoms with Gasteiger partial charge in [0.2, 0.25) is 5.78 Å². The van der Waals surface area contributed by atoms with Crippen LogP contribution in [0, 0.1) is 17.8 Å². The summed E-state index contributed by atoms with van der Waals surface area (Å²) < 4.78 is 0. The van der Waals surface area contributed by atoms with Crippen molar-refractivity contribution >= 4 is 23.2 Å². The fraction of sp³-hybridized carbons (Fsp3) is 0.552. The lowest BCUT2D eigenvalue weighted by molar-refractivity contribution is -0.148. The average molecular weight is 557 g/mol. The van der Waals surface area contributed by atoms with E-state index in [2.05, 4.69) is 19.2 Å². The van der Waals surface area contributed by atoms with E-state index in [0.29, 0.717) is 23.6 Å². The number of amides is 1. The number of nitrogens with one attached hydrogen (secondary N) is 1. The molecule has 218 valence electrons. The van der Waals surface area contributed by atoms with Crippen LogP contribution in [-0.4, -0.2) is 89.2 Å². The lowest BCUT2D eigenvalue weighted by Crippen LogP contribution is -2.63. The van der Waals surface area contributed by atoms with Crippen LogP contribution in [0.1, 0.15) is 48.2 Å². The summed E-state index contributed by atoms with van der Waals surface area (Å²) in [5, 5.41) is 48.7. The molecule has 0 radical (unpaired) electrons. The number of phenols is 1. The van der Waals surface area contributed by atoms with E-state index in [1.165, 1.54) is 4.90 Å². The molecule has 1 aromatic carbocycles. The molecule has 11 heteroatoms. The number of hydrogen-bond acceptors (Lipinski definition) is 10. The van der Waals surface area contributed by atoms with Gasteiger partial charge in [-0.25, -0.2) is 0 Å². The highest BCUT2D eigenvalue weighted by molar-refractivity contribution is 6.24. The Kier molecular flexibility index (Phi) is 7.78. The molecule has 1 unspecified atom stereocenters. The Labute approximate surface area is 233 Å². The highest BCUT2D eigenvalue weighted by Crippen LogP contribution is 2.53. The molecule has 0 heterocycles. The second-order valence-electron chi connectivity index (χ2n) is 12.0. The Hall–Kier alpha value is -3.41. The van der Waals surface area contributed by atoms with Crippen LogP contribution in [0.5, 0.6) is 5.75 Å². The number of likely N-dealkylation sites (N-methyl/N-ethyl adjacent to an activating group) is 1. The molecule has 0 aliphatic heterocycles. The number of nitrogens with two attached hydrogens (primary N) is 1. The lowest BCUT2D eigenvalue weighted by atomic mass is 9.58. The number of benzene rings is 1. The van der Waals surface area contributed by atoms with Crippen LogP contribution in [0.4, 0.5) is 5.69 Å². The zero-order chi connectivity index (χ0) is 29.8. The van der Waals surface area contributed by atoms with Gasteiger partial charge >= 0.3 is 0 Å². The minimum atomic E-state index is -2.65. The van der Waals surface area contributed by atoms with E-state index in [-0.39, 0.29) is 29.7 Å². The highest BCUT2D eigenvalue weighted by atomic mass is 16.3. The lowest BCUT2D eigenvalue weighted by Gasteiger charge is -2.50. The monoisotopic (exact) mass is 556 g/mol. The summed E-state index contributed by atoms with van der Waals surface area (Å²) >= 11 is 0. The molecule has 40 heavy (non-hydrogen) atoms. The number of Topliss-reactive ketones (excluding diaryl/α,β-unsaturated/α-hetero) is 2. The molecule has 0 spiro atoms. The number of fused-ring (bicyclic) bond motifs is 3. The zero-order valence-electron chi connectivity index (χ0n) is 23.9. The standard InChI is InChI=1S/C29H40N4O7/c1-13(2)7-8-31-12-15-11-18(32(3)4)16-9-14-10-17-22(33(5)6)25(36)21(28(30)39)27(38)29(17,40)26(37)19(14)24(35)20(16)23(15)34/h11,13-14,17,22,31,34,36-37,40H,7-10,12H2,1-6H3,(H2,30,39)/t14-,17-,22?,29-/m0/s1. The van der Waals surface area contributed by atoms with Crippen LogP contribution in [0.3, 0.4) is 0 Å². The molecular formula is C29H40N4O7. The van der Waals surface area contributed by atoms with Crippen LogP contribution in [-0.2, 0) is 22.6 Å². The first kappa shape index (κ1) is 29.6. The number of primary amides is 1. The van der Waals surface area contributed by atoms with Crippen molar-refractivity contribution < 1.29 is 34.8 Å². The van der Waals surface area contributed by atoms with Crippen molar-refractivity contribution in [1.82, 2.24) is 10.2 Å². The van der Waals surface area contributed by atoms with Gasteiger partial charge in [0, 0.05) is 43.4 Å². The summed E-state index contributed by atoms with van der Waals surface area (Å²) in [6.45, 7) is 5.26. The van der Waals surface area contributed by atoms with Crippen LogP contribution in [0.2, 0.25) is 0 Å². The predicted octanol–water partition coefficient (Wildman–Crippen LogP) is 1.32. The molecule has 3 aliphatic rings. The fourth-order valence-electron chi connectivity index (χ4n) is 6.50. The van der Waals surface area contributed by atoms with Crippen molar-refractivity contribution in [3.05, 3.63) is 45.4 Å². The van der Waals surface area contributed by atoms with Gasteiger partial charge in [0.15, 0.2) is 11.4 Å². The molecule has 1 amide bonds. The third kappa shape index (κ3) is 4.46. The van der Waals surface area contributed by atoms with Crippen LogP contribution in [0.25, 0.3) is 0 Å². The first-order chi connectivity index (χ1) is 18.6. The third-order valence-electron chi connectivity index (χ3n) is 8.47. The van der Waals surface area contributed by atoms with Crippen LogP contribution < -0.4 is 16.0 Å². The summed E-state index contributed by atoms with van der Waals surface area (Å²) in [7, 11) is 6.88. The topological polar surface area (TPSA) is 177 Å². The summed E-state index contributed by atoms with van der Waals surface area (Å²) in [6, 6.07) is 0.823. The number of anilines is 1. The number of allylic oxidation sites excluding steroid dienone is 1. The first-order valence-electron chi connectivity index (χ1n) is 13.5. The normalized spacial score (nSPS) is 26.3. The Balaban J connectivity index is 1.87. The Morgan fingerprint density at radius 3 is 2.38 bits per heavy atom. The summed E-state index contributed by atoms with van der Waals surface area (Å²) in [5.41, 5.74) is 3.63. The molecular weight excluding hydrogens is 516 g/mol. The van der Waals surface area contributed by atoms with Crippen LogP contribution in [0.15, 0.2) is 28.7 Å². The van der Waals surface area contributed by atoms with Gasteiger partial charge in [-0.05, 0) is 63.4 Å². The largest absolute Gasteiger partial charge is 0.510 e. The number of hydrogen-bond donors (Lipinski definition) is 6. The van der Waals surface area contributed by atoms with Crippen molar-refractivity contribution in [3.8, 4) is 5.75 Å². The van der Waals surface area contributed by atoms with Crippen molar-refractivity contribution in [2.75, 3.05) is 39.6 Å². The van der Waals surface area contributed by atoms with Gasteiger partial charge in [0.1, 0.15) is 22.8 Å². The Morgan fingerprint density at radius 1 is 1.18 bits per heavy atom. The zero-order valence-corrected chi connectivity index (χ0v) is 23.9. The van der Waals surface area contributed by atoms with Crippen molar-refractivity contribution in [2.45, 2.75) is 51.3 Å². The van der Waals surface area contributed by atoms with Gasteiger partial charge in [-0.3, -0.25) is 19.3 Å². The van der Waals surface area contributed by atoms with E-state index < -0.39 is 58.0 Å². The number of rotatable bonds is 8. The SMILES string of the molecule is CC(C)CCNCc1cc(N(C)C)c2c(c1O)C(=O)C1=C(O)[C@]3(O)C(=O)C(C(N)=O)=C(O)C(N(C)C)[C@@H]3C[C@@H]1C2. The fourth-order valence-corrected chi connectivity index (χ4v) is 6.50. The summed E-state index contributed by atoms with van der Waals surface area (Å²) in [5.74, 6) is -6.01. The van der Waals surface area contributed by atoms with Gasteiger partial charge in [0.25, 0.3) is 5.91 Å². The Bertz CT molecular complexity index is 1330. The predicted molar refractivity (Wildman–Crippen MR) is 149 cm³/mol. The highest BCUT2D eigenvalue weighted by Gasteiger charge is 2.63. The average Bonchev–Trinajstić information content (AvgIpc) is 2.84. The molecule has 1 aromatic rings. The van der Waals surface area contributed by atoms with Crippen molar-refractivity contribution in [1.29, 1.82) is 0 Å². The maximum Gasteiger partial charge on any atom is 0.255 e. The van der Waals surface area contributed by atoms with Gasteiger partial charge < -0.3 is 36.4 Å². The number of aliphatic hydroxyl groups is 3. The van der Waals surface area contributed by atoms with Crippen molar-refractivity contribution in [3.63, 3.8) is 0 Å². The van der Waals surface area contributed by atoms with Gasteiger partial charge in [-0.15, -0.1) is 0 Å². The van der Waals surface area contributed by atoms with Crippen molar-refractivity contribution in [2.24, 2.45) is 23.5 Å². The van der Waals surface area contributed by atoms with Gasteiger partial charge in [-0.2, -0.15) is 0 Å². The molecule has 0 aromatic heterocycles. The maximum absolute atomic E-state index is 14.0.